The summed E-state index contributed by atoms with van der Waals surface area (Å²) in [4.78, 5) is 28.7. The van der Waals surface area contributed by atoms with Crippen LogP contribution in [-0.2, 0) is 21.4 Å². The molecule has 0 aliphatic carbocycles. The third-order valence-corrected chi connectivity index (χ3v) is 7.41. The molecular weight excluding hydrogens is 458 g/mol. The van der Waals surface area contributed by atoms with Crippen molar-refractivity contribution in [3.63, 3.8) is 0 Å². The van der Waals surface area contributed by atoms with Gasteiger partial charge in [-0.05, 0) is 43.2 Å². The highest BCUT2D eigenvalue weighted by Crippen LogP contribution is 2.29. The Hall–Kier alpha value is -3.02. The summed E-state index contributed by atoms with van der Waals surface area (Å²) in [5.74, 6) is -1.28. The number of benzene rings is 1. The van der Waals surface area contributed by atoms with Gasteiger partial charge in [0.2, 0.25) is 21.8 Å². The Morgan fingerprint density at radius 3 is 2.66 bits per heavy atom. The van der Waals surface area contributed by atoms with E-state index in [0.717, 1.165) is 23.8 Å². The molecule has 3 aromatic rings. The number of piperidine rings is 1. The maximum Gasteiger partial charge on any atom is 0.442 e. The smallest absolute Gasteiger partial charge is 0.324 e. The summed E-state index contributed by atoms with van der Waals surface area (Å²) < 4.78 is 33.1. The van der Waals surface area contributed by atoms with Crippen LogP contribution in [0.25, 0.3) is 11.5 Å². The molecule has 0 atom stereocenters. The van der Waals surface area contributed by atoms with Crippen LogP contribution in [0, 0.1) is 0 Å². The molecule has 1 aliphatic rings. The molecule has 3 heterocycles. The van der Waals surface area contributed by atoms with Crippen LogP contribution in [-0.4, -0.2) is 46.4 Å². The van der Waals surface area contributed by atoms with Crippen LogP contribution in [0.15, 0.2) is 56.8 Å². The first kappa shape index (κ1) is 22.2. The van der Waals surface area contributed by atoms with Crippen LogP contribution in [0.3, 0.4) is 0 Å². The first-order valence-corrected chi connectivity index (χ1v) is 11.8. The third kappa shape index (κ3) is 4.59. The molecule has 12 heteroatoms. The van der Waals surface area contributed by atoms with E-state index in [1.807, 2.05) is 0 Å². The monoisotopic (exact) mass is 477 g/mol. The Kier molecular flexibility index (Phi) is 6.40. The normalized spacial score (nSPS) is 14.9. The number of anilines is 1. The number of carbonyl (C=O) groups is 1. The fourth-order valence-corrected chi connectivity index (χ4v) is 5.47. The van der Waals surface area contributed by atoms with Crippen molar-refractivity contribution in [2.75, 3.05) is 18.4 Å². The number of halogens is 1. The molecule has 32 heavy (non-hydrogen) atoms. The Morgan fingerprint density at radius 1 is 1.16 bits per heavy atom. The standard InChI is InChI=1S/C20H20ClN5O5S/c21-15-8-7-14(12-17(15)32(29,30)25-10-4-1-5-11-25)23-18(27)13-26-19(24-31-20(26)28)16-6-2-3-9-22-16/h2-3,6-9,12H,1,4-5,10-11,13H2,(H,23,27). The lowest BCUT2D eigenvalue weighted by atomic mass is 10.2. The number of nitrogens with one attached hydrogen (secondary N) is 1. The Morgan fingerprint density at radius 2 is 1.94 bits per heavy atom. The molecule has 1 N–H and O–H groups in total. The predicted octanol–water partition coefficient (Wildman–Crippen LogP) is 2.37. The van der Waals surface area contributed by atoms with E-state index < -0.39 is 28.2 Å². The number of pyridine rings is 1. The zero-order valence-corrected chi connectivity index (χ0v) is 18.5. The van der Waals surface area contributed by atoms with Gasteiger partial charge in [-0.1, -0.05) is 29.2 Å². The van der Waals surface area contributed by atoms with Crippen molar-refractivity contribution in [3.8, 4) is 11.5 Å². The van der Waals surface area contributed by atoms with Gasteiger partial charge in [0, 0.05) is 25.0 Å². The number of hydrogen-bond acceptors (Lipinski definition) is 7. The molecule has 1 aromatic carbocycles. The quantitative estimate of drug-likeness (QED) is 0.577. The van der Waals surface area contributed by atoms with Gasteiger partial charge in [-0.3, -0.25) is 14.3 Å². The summed E-state index contributed by atoms with van der Waals surface area (Å²) >= 11 is 6.17. The molecule has 1 saturated heterocycles. The van der Waals surface area contributed by atoms with E-state index in [1.165, 1.54) is 28.7 Å². The number of nitrogens with zero attached hydrogens (tertiary/aromatic N) is 4. The molecule has 1 fully saturated rings. The second-order valence-corrected chi connectivity index (χ2v) is 9.54. The summed E-state index contributed by atoms with van der Waals surface area (Å²) in [6, 6.07) is 9.27. The average molecular weight is 478 g/mol. The van der Waals surface area contributed by atoms with Crippen molar-refractivity contribution in [3.05, 3.63) is 58.2 Å². The molecule has 1 amide bonds. The van der Waals surface area contributed by atoms with Gasteiger partial charge < -0.3 is 5.32 Å². The maximum atomic E-state index is 13.0. The van der Waals surface area contributed by atoms with E-state index >= 15 is 0 Å². The molecule has 1 aliphatic heterocycles. The summed E-state index contributed by atoms with van der Waals surface area (Å²) in [5, 5.41) is 6.36. The topological polar surface area (TPSA) is 127 Å². The van der Waals surface area contributed by atoms with Crippen LogP contribution in [0.4, 0.5) is 5.69 Å². The zero-order valence-electron chi connectivity index (χ0n) is 16.9. The number of carbonyl (C=O) groups excluding carboxylic acids is 1. The first-order chi connectivity index (χ1) is 15.4. The van der Waals surface area contributed by atoms with Gasteiger partial charge in [0.25, 0.3) is 0 Å². The summed E-state index contributed by atoms with van der Waals surface area (Å²) in [6.45, 7) is 0.467. The maximum absolute atomic E-state index is 13.0. The van der Waals surface area contributed by atoms with Gasteiger partial charge in [-0.15, -0.1) is 0 Å². The lowest BCUT2D eigenvalue weighted by Crippen LogP contribution is -2.35. The largest absolute Gasteiger partial charge is 0.442 e. The highest BCUT2D eigenvalue weighted by Gasteiger charge is 2.28. The Bertz CT molecular complexity index is 1280. The van der Waals surface area contributed by atoms with E-state index in [0.29, 0.717) is 18.8 Å². The van der Waals surface area contributed by atoms with Gasteiger partial charge in [0.15, 0.2) is 0 Å². The molecule has 168 valence electrons. The molecule has 0 unspecified atom stereocenters. The summed E-state index contributed by atoms with van der Waals surface area (Å²) in [5.41, 5.74) is 0.603. The lowest BCUT2D eigenvalue weighted by Gasteiger charge is -2.26. The second-order valence-electron chi connectivity index (χ2n) is 7.23. The highest BCUT2D eigenvalue weighted by molar-refractivity contribution is 7.89. The second kappa shape index (κ2) is 9.23. The van der Waals surface area contributed by atoms with E-state index in [2.05, 4.69) is 20.0 Å². The minimum atomic E-state index is -3.79. The van der Waals surface area contributed by atoms with Crippen LogP contribution < -0.4 is 11.1 Å². The number of aromatic nitrogens is 3. The average Bonchev–Trinajstić information content (AvgIpc) is 3.16. The minimum absolute atomic E-state index is 0.0706. The molecule has 2 aromatic heterocycles. The molecule has 4 rings (SSSR count). The number of rotatable bonds is 6. The van der Waals surface area contributed by atoms with Crippen LogP contribution in [0.1, 0.15) is 19.3 Å². The van der Waals surface area contributed by atoms with E-state index in [-0.39, 0.29) is 21.4 Å². The van der Waals surface area contributed by atoms with E-state index in [9.17, 15) is 18.0 Å². The SMILES string of the molecule is O=C(Cn1c(-c2ccccn2)noc1=O)Nc1ccc(Cl)c(S(=O)(=O)N2CCCCC2)c1. The van der Waals surface area contributed by atoms with Crippen molar-refractivity contribution in [1.82, 2.24) is 19.0 Å². The van der Waals surface area contributed by atoms with E-state index in [1.54, 1.807) is 18.2 Å². The Labute approximate surface area is 188 Å². The minimum Gasteiger partial charge on any atom is -0.324 e. The van der Waals surface area contributed by atoms with Crippen molar-refractivity contribution in [2.45, 2.75) is 30.7 Å². The molecule has 0 bridgehead atoms. The summed E-state index contributed by atoms with van der Waals surface area (Å²) in [7, 11) is -3.79. The van der Waals surface area contributed by atoms with Gasteiger partial charge in [0.1, 0.15) is 17.1 Å². The lowest BCUT2D eigenvalue weighted by molar-refractivity contribution is -0.116. The number of amides is 1. The predicted molar refractivity (Wildman–Crippen MR) is 117 cm³/mol. The fraction of sp³-hybridized carbons (Fsp3) is 0.300. The third-order valence-electron chi connectivity index (χ3n) is 5.03. The van der Waals surface area contributed by atoms with Crippen molar-refractivity contribution in [1.29, 1.82) is 0 Å². The van der Waals surface area contributed by atoms with Gasteiger partial charge in [-0.2, -0.15) is 4.31 Å². The van der Waals surface area contributed by atoms with Crippen LogP contribution in [0.5, 0.6) is 0 Å². The van der Waals surface area contributed by atoms with Crippen molar-refractivity contribution in [2.24, 2.45) is 0 Å². The summed E-state index contributed by atoms with van der Waals surface area (Å²) in [6.07, 6.45) is 4.09. The number of hydrogen-bond donors (Lipinski definition) is 1. The number of sulfonamides is 1. The van der Waals surface area contributed by atoms with Gasteiger partial charge in [0.05, 0.1) is 5.02 Å². The van der Waals surface area contributed by atoms with Crippen LogP contribution >= 0.6 is 11.6 Å². The molecular formula is C20H20ClN5O5S. The van der Waals surface area contributed by atoms with E-state index in [4.69, 9.17) is 11.6 Å². The van der Waals surface area contributed by atoms with Crippen molar-refractivity contribution < 1.29 is 17.7 Å². The first-order valence-electron chi connectivity index (χ1n) is 9.94. The Balaban J connectivity index is 1.55. The van der Waals surface area contributed by atoms with Crippen molar-refractivity contribution >= 4 is 33.2 Å². The van der Waals surface area contributed by atoms with Gasteiger partial charge >= 0.3 is 5.76 Å². The molecule has 0 spiro atoms. The highest BCUT2D eigenvalue weighted by atomic mass is 35.5. The molecule has 0 radical (unpaired) electrons. The zero-order chi connectivity index (χ0) is 22.7. The molecule has 0 saturated carbocycles. The van der Waals surface area contributed by atoms with Gasteiger partial charge in [-0.25, -0.2) is 17.8 Å². The van der Waals surface area contributed by atoms with Crippen LogP contribution in [0.2, 0.25) is 5.02 Å². The molecule has 10 nitrogen and oxygen atoms in total. The fourth-order valence-electron chi connectivity index (χ4n) is 3.45.